The van der Waals surface area contributed by atoms with Gasteiger partial charge in [-0.3, -0.25) is 0 Å². The second-order valence-electron chi connectivity index (χ2n) is 13.9. The highest BCUT2D eigenvalue weighted by Gasteiger charge is 2.22. The van der Waals surface area contributed by atoms with Gasteiger partial charge in [0.2, 0.25) is 0 Å². The number of nitrogens with zero attached hydrogens (tertiary/aromatic N) is 3. The molecule has 8 aromatic carbocycles. The Bertz CT molecular complexity index is 3120. The number of benzene rings is 8. The van der Waals surface area contributed by atoms with Crippen LogP contribution in [0.15, 0.2) is 197 Å². The van der Waals surface area contributed by atoms with E-state index in [1.807, 2.05) is 66.7 Å². The van der Waals surface area contributed by atoms with E-state index in [0.29, 0.717) is 17.5 Å². The maximum Gasteiger partial charge on any atom is 0.167 e. The first-order valence-electron chi connectivity index (χ1n) is 18.7. The molecular formula is C51H31N3O2. The quantitative estimate of drug-likeness (QED) is 0.171. The highest BCUT2D eigenvalue weighted by atomic mass is 16.3. The predicted molar refractivity (Wildman–Crippen MR) is 227 cm³/mol. The second kappa shape index (κ2) is 13.0. The molecule has 0 radical (unpaired) electrons. The fraction of sp³-hybridized carbons (Fsp3) is 0. The number of para-hydroxylation sites is 4. The summed E-state index contributed by atoms with van der Waals surface area (Å²) in [6, 6.07) is 64.6. The summed E-state index contributed by atoms with van der Waals surface area (Å²) in [5.41, 5.74) is 12.2. The molecule has 5 nitrogen and oxygen atoms in total. The molecule has 0 N–H and O–H groups in total. The highest BCUT2D eigenvalue weighted by Crippen LogP contribution is 2.41. The molecule has 0 unspecified atom stereocenters. The van der Waals surface area contributed by atoms with E-state index in [4.69, 9.17) is 23.8 Å². The van der Waals surface area contributed by atoms with Crippen LogP contribution in [0.3, 0.4) is 0 Å². The second-order valence-corrected chi connectivity index (χ2v) is 13.9. The van der Waals surface area contributed by atoms with Crippen LogP contribution >= 0.6 is 0 Å². The topological polar surface area (TPSA) is 65.0 Å². The number of hydrogen-bond acceptors (Lipinski definition) is 5. The van der Waals surface area contributed by atoms with E-state index in [0.717, 1.165) is 82.8 Å². The van der Waals surface area contributed by atoms with Gasteiger partial charge >= 0.3 is 0 Å². The molecule has 0 fully saturated rings. The summed E-state index contributed by atoms with van der Waals surface area (Å²) in [5.74, 6) is 1.58. The third-order valence-corrected chi connectivity index (χ3v) is 10.6. The van der Waals surface area contributed by atoms with Crippen LogP contribution in [-0.2, 0) is 0 Å². The van der Waals surface area contributed by atoms with Gasteiger partial charge in [-0.25, -0.2) is 15.0 Å². The Morgan fingerprint density at radius 1 is 0.268 bits per heavy atom. The third-order valence-electron chi connectivity index (χ3n) is 10.6. The minimum Gasteiger partial charge on any atom is -0.455 e. The minimum atomic E-state index is 0.514. The molecule has 0 amide bonds. The van der Waals surface area contributed by atoms with Crippen LogP contribution in [0.25, 0.3) is 111 Å². The Labute approximate surface area is 322 Å². The maximum absolute atomic E-state index is 6.53. The molecule has 11 aromatic rings. The van der Waals surface area contributed by atoms with E-state index in [1.165, 1.54) is 11.1 Å². The van der Waals surface area contributed by atoms with E-state index in [2.05, 4.69) is 121 Å². The van der Waals surface area contributed by atoms with Gasteiger partial charge in [-0.05, 0) is 69.8 Å². The van der Waals surface area contributed by atoms with Crippen LogP contribution in [-0.4, -0.2) is 15.0 Å². The summed E-state index contributed by atoms with van der Waals surface area (Å²) >= 11 is 0. The lowest BCUT2D eigenvalue weighted by molar-refractivity contribution is 0.669. The average Bonchev–Trinajstić information content (AvgIpc) is 3.85. The van der Waals surface area contributed by atoms with Crippen LogP contribution in [0.5, 0.6) is 0 Å². The van der Waals surface area contributed by atoms with Gasteiger partial charge in [0, 0.05) is 27.1 Å². The average molecular weight is 718 g/mol. The molecule has 11 rings (SSSR count). The first kappa shape index (κ1) is 31.9. The molecule has 0 saturated heterocycles. The van der Waals surface area contributed by atoms with Gasteiger partial charge in [-0.1, -0.05) is 152 Å². The lowest BCUT2D eigenvalue weighted by Crippen LogP contribution is -2.02. The van der Waals surface area contributed by atoms with Gasteiger partial charge in [-0.2, -0.15) is 0 Å². The van der Waals surface area contributed by atoms with Crippen molar-refractivity contribution in [2.75, 3.05) is 0 Å². The van der Waals surface area contributed by atoms with E-state index >= 15 is 0 Å². The Balaban J connectivity index is 1.18. The summed E-state index contributed by atoms with van der Waals surface area (Å²) < 4.78 is 13.1. The summed E-state index contributed by atoms with van der Waals surface area (Å²) in [6.07, 6.45) is 0. The smallest absolute Gasteiger partial charge is 0.167 e. The molecule has 0 saturated carbocycles. The molecule has 0 spiro atoms. The van der Waals surface area contributed by atoms with Crippen molar-refractivity contribution in [3.8, 4) is 67.5 Å². The van der Waals surface area contributed by atoms with Crippen molar-refractivity contribution in [1.82, 2.24) is 15.0 Å². The van der Waals surface area contributed by atoms with E-state index < -0.39 is 0 Å². The van der Waals surface area contributed by atoms with Crippen LogP contribution in [0.2, 0.25) is 0 Å². The van der Waals surface area contributed by atoms with Crippen molar-refractivity contribution in [3.05, 3.63) is 188 Å². The van der Waals surface area contributed by atoms with E-state index in [9.17, 15) is 0 Å². The summed E-state index contributed by atoms with van der Waals surface area (Å²) in [5, 5.41) is 4.10. The molecule has 0 aliphatic heterocycles. The maximum atomic E-state index is 6.53. The van der Waals surface area contributed by atoms with Gasteiger partial charge in [0.1, 0.15) is 22.3 Å². The van der Waals surface area contributed by atoms with Crippen LogP contribution in [0, 0.1) is 0 Å². The van der Waals surface area contributed by atoms with Gasteiger partial charge < -0.3 is 8.83 Å². The molecule has 56 heavy (non-hydrogen) atoms. The van der Waals surface area contributed by atoms with E-state index in [1.54, 1.807) is 0 Å². The monoisotopic (exact) mass is 717 g/mol. The molecule has 5 heteroatoms. The lowest BCUT2D eigenvalue weighted by Gasteiger charge is -2.16. The van der Waals surface area contributed by atoms with Crippen molar-refractivity contribution < 1.29 is 8.83 Å². The number of fused-ring (bicyclic) bond motifs is 6. The lowest BCUT2D eigenvalue weighted by atomic mass is 9.90. The zero-order valence-electron chi connectivity index (χ0n) is 30.1. The van der Waals surface area contributed by atoms with Crippen molar-refractivity contribution in [2.24, 2.45) is 0 Å². The minimum absolute atomic E-state index is 0.514. The Morgan fingerprint density at radius 2 is 0.679 bits per heavy atom. The Hall–Kier alpha value is -7.63. The summed E-state index contributed by atoms with van der Waals surface area (Å²) in [4.78, 5) is 15.8. The summed E-state index contributed by atoms with van der Waals surface area (Å²) in [6.45, 7) is 0. The first-order valence-corrected chi connectivity index (χ1v) is 18.7. The van der Waals surface area contributed by atoms with Crippen molar-refractivity contribution >= 4 is 43.9 Å². The predicted octanol–water partition coefficient (Wildman–Crippen LogP) is 13.7. The molecular weight excluding hydrogens is 687 g/mol. The molecule has 262 valence electrons. The molecule has 3 aromatic heterocycles. The molecule has 3 heterocycles. The van der Waals surface area contributed by atoms with Gasteiger partial charge in [0.25, 0.3) is 0 Å². The molecule has 0 bridgehead atoms. The fourth-order valence-corrected chi connectivity index (χ4v) is 7.95. The first-order chi connectivity index (χ1) is 27.8. The summed E-state index contributed by atoms with van der Waals surface area (Å²) in [7, 11) is 0. The molecule has 0 atom stereocenters. The van der Waals surface area contributed by atoms with Crippen LogP contribution in [0.1, 0.15) is 0 Å². The Kier molecular flexibility index (Phi) is 7.42. The van der Waals surface area contributed by atoms with Gasteiger partial charge in [0.05, 0.1) is 11.1 Å². The number of hydrogen-bond donors (Lipinski definition) is 0. The van der Waals surface area contributed by atoms with Crippen LogP contribution in [0.4, 0.5) is 0 Å². The van der Waals surface area contributed by atoms with E-state index in [-0.39, 0.29) is 0 Å². The zero-order chi connectivity index (χ0) is 37.0. The van der Waals surface area contributed by atoms with Crippen molar-refractivity contribution in [2.45, 2.75) is 0 Å². The molecule has 0 aliphatic rings. The zero-order valence-corrected chi connectivity index (χ0v) is 30.1. The Morgan fingerprint density at radius 3 is 1.23 bits per heavy atom. The largest absolute Gasteiger partial charge is 0.455 e. The third kappa shape index (κ3) is 5.29. The molecule has 0 aliphatic carbocycles. The normalized spacial score (nSPS) is 11.6. The van der Waals surface area contributed by atoms with Crippen molar-refractivity contribution in [1.29, 1.82) is 0 Å². The standard InChI is InChI=1S/C51H31N3O2/c1-3-15-32(16-4-1)35-19-7-8-20-36(35)34-29-30-41(44(31-34)33-17-5-2-6-18-33)49-52-50(42-25-13-23-39-37-21-9-11-27-45(37)55-47(39)42)54-51(53-49)43-26-14-24-40-38-22-10-12-28-46(38)56-48(40)43/h1-31H. The number of furan rings is 2. The highest BCUT2D eigenvalue weighted by molar-refractivity contribution is 6.10. The number of aromatic nitrogens is 3. The van der Waals surface area contributed by atoms with Gasteiger partial charge in [-0.15, -0.1) is 0 Å². The van der Waals surface area contributed by atoms with Gasteiger partial charge in [0.15, 0.2) is 17.5 Å². The fourth-order valence-electron chi connectivity index (χ4n) is 7.95. The number of rotatable bonds is 6. The van der Waals surface area contributed by atoms with Crippen LogP contribution < -0.4 is 0 Å². The van der Waals surface area contributed by atoms with Crippen molar-refractivity contribution in [3.63, 3.8) is 0 Å². The SMILES string of the molecule is c1ccc(-c2ccccc2-c2ccc(-c3nc(-c4cccc5c4oc4ccccc45)nc(-c4cccc5c4oc4ccccc45)n3)c(-c3ccccc3)c2)cc1.